The van der Waals surface area contributed by atoms with Crippen LogP contribution < -0.4 is 9.47 Å². The number of carboxylic acid groups (broad SMARTS) is 1. The summed E-state index contributed by atoms with van der Waals surface area (Å²) in [4.78, 5) is 18.7. The molecule has 0 bridgehead atoms. The Kier molecular flexibility index (Phi) is 4.63. The summed E-state index contributed by atoms with van der Waals surface area (Å²) in [5.41, 5.74) is -0.438. The van der Waals surface area contributed by atoms with Crippen molar-refractivity contribution in [1.29, 1.82) is 0 Å². The molecule has 2 heterocycles. The molecule has 1 N–H and O–H groups in total. The molecule has 2 aromatic rings. The summed E-state index contributed by atoms with van der Waals surface area (Å²) < 4.78 is 48.3. The second kappa shape index (κ2) is 6.34. The van der Waals surface area contributed by atoms with Gasteiger partial charge in [-0.2, -0.15) is 13.2 Å². The van der Waals surface area contributed by atoms with Gasteiger partial charge in [-0.05, 0) is 19.1 Å². The Morgan fingerprint density at radius 2 is 1.88 bits per heavy atom. The van der Waals surface area contributed by atoms with Crippen molar-refractivity contribution in [3.05, 3.63) is 35.3 Å². The smallest absolute Gasteiger partial charge is 0.437 e. The standard InChI is InChI=1S/C15H13F3N2O4/c1-7-9(5-10(14(21)22)13(20-7)24-3)8-4-11(23-2)12(19-6-8)15(16,17)18/h4-6H,1-3H3,(H,21,22). The third-order valence-electron chi connectivity index (χ3n) is 3.25. The summed E-state index contributed by atoms with van der Waals surface area (Å²) in [6.45, 7) is 1.58. The van der Waals surface area contributed by atoms with Crippen LogP contribution in [0.5, 0.6) is 11.6 Å². The van der Waals surface area contributed by atoms with Crippen LogP contribution in [0.15, 0.2) is 18.3 Å². The van der Waals surface area contributed by atoms with E-state index in [1.54, 1.807) is 6.92 Å². The van der Waals surface area contributed by atoms with Gasteiger partial charge in [0.25, 0.3) is 0 Å². The number of aryl methyl sites for hydroxylation is 1. The van der Waals surface area contributed by atoms with E-state index >= 15 is 0 Å². The molecule has 0 amide bonds. The normalized spacial score (nSPS) is 11.2. The maximum Gasteiger partial charge on any atom is 0.437 e. The van der Waals surface area contributed by atoms with Crippen molar-refractivity contribution in [2.45, 2.75) is 13.1 Å². The first-order valence-corrected chi connectivity index (χ1v) is 6.59. The number of pyridine rings is 2. The molecule has 6 nitrogen and oxygen atoms in total. The highest BCUT2D eigenvalue weighted by Gasteiger charge is 2.36. The largest absolute Gasteiger partial charge is 0.494 e. The zero-order valence-corrected chi connectivity index (χ0v) is 12.9. The number of aromatic carboxylic acids is 1. The van der Waals surface area contributed by atoms with E-state index in [0.717, 1.165) is 19.4 Å². The fourth-order valence-electron chi connectivity index (χ4n) is 2.14. The molecule has 2 rings (SSSR count). The van der Waals surface area contributed by atoms with Gasteiger partial charge < -0.3 is 14.6 Å². The minimum Gasteiger partial charge on any atom is -0.494 e. The van der Waals surface area contributed by atoms with Gasteiger partial charge in [0, 0.05) is 23.0 Å². The van der Waals surface area contributed by atoms with Crippen LogP contribution in [0.2, 0.25) is 0 Å². The highest BCUT2D eigenvalue weighted by Crippen LogP contribution is 2.37. The molecule has 0 saturated carbocycles. The Hall–Kier alpha value is -2.84. The fraction of sp³-hybridized carbons (Fsp3) is 0.267. The van der Waals surface area contributed by atoms with Crippen molar-refractivity contribution in [2.24, 2.45) is 0 Å². The second-order valence-electron chi connectivity index (χ2n) is 4.76. The fourth-order valence-corrected chi connectivity index (χ4v) is 2.14. The Balaban J connectivity index is 2.64. The molecule has 2 aromatic heterocycles. The number of methoxy groups -OCH3 is 2. The van der Waals surface area contributed by atoms with Crippen molar-refractivity contribution < 1.29 is 32.5 Å². The third kappa shape index (κ3) is 3.24. The first-order valence-electron chi connectivity index (χ1n) is 6.59. The Labute approximate surface area is 134 Å². The van der Waals surface area contributed by atoms with Gasteiger partial charge in [-0.15, -0.1) is 0 Å². The number of carboxylic acids is 1. The highest BCUT2D eigenvalue weighted by atomic mass is 19.4. The van der Waals surface area contributed by atoms with Crippen LogP contribution in [0, 0.1) is 6.92 Å². The summed E-state index contributed by atoms with van der Waals surface area (Å²) >= 11 is 0. The molecule has 24 heavy (non-hydrogen) atoms. The van der Waals surface area contributed by atoms with Crippen molar-refractivity contribution in [3.8, 4) is 22.8 Å². The van der Waals surface area contributed by atoms with Crippen molar-refractivity contribution in [2.75, 3.05) is 14.2 Å². The number of alkyl halides is 3. The zero-order chi connectivity index (χ0) is 18.1. The maximum atomic E-state index is 12.9. The second-order valence-corrected chi connectivity index (χ2v) is 4.76. The van der Waals surface area contributed by atoms with E-state index < -0.39 is 23.6 Å². The molecule has 0 aromatic carbocycles. The summed E-state index contributed by atoms with van der Waals surface area (Å²) in [6, 6.07) is 2.41. The van der Waals surface area contributed by atoms with Gasteiger partial charge >= 0.3 is 12.1 Å². The summed E-state index contributed by atoms with van der Waals surface area (Å²) in [7, 11) is 2.37. The number of halogens is 3. The van der Waals surface area contributed by atoms with Gasteiger partial charge in [0.1, 0.15) is 11.3 Å². The lowest BCUT2D eigenvalue weighted by Crippen LogP contribution is -2.10. The predicted octanol–water partition coefficient (Wildman–Crippen LogP) is 3.19. The lowest BCUT2D eigenvalue weighted by molar-refractivity contribution is -0.142. The molecular formula is C15H13F3N2O4. The number of nitrogens with zero attached hydrogens (tertiary/aromatic N) is 2. The predicted molar refractivity (Wildman–Crippen MR) is 77.3 cm³/mol. The average Bonchev–Trinajstić information content (AvgIpc) is 2.52. The molecule has 0 aliphatic heterocycles. The summed E-state index contributed by atoms with van der Waals surface area (Å²) in [6.07, 6.45) is -3.67. The number of carbonyl (C=O) groups is 1. The molecule has 0 spiro atoms. The zero-order valence-electron chi connectivity index (χ0n) is 12.9. The molecule has 0 aliphatic rings. The van der Waals surface area contributed by atoms with Crippen LogP contribution >= 0.6 is 0 Å². The van der Waals surface area contributed by atoms with Gasteiger partial charge in [0.05, 0.1) is 14.2 Å². The van der Waals surface area contributed by atoms with Crippen LogP contribution in [-0.4, -0.2) is 35.3 Å². The van der Waals surface area contributed by atoms with Crippen LogP contribution in [0.3, 0.4) is 0 Å². The van der Waals surface area contributed by atoms with E-state index in [-0.39, 0.29) is 17.0 Å². The average molecular weight is 342 g/mol. The van der Waals surface area contributed by atoms with E-state index in [4.69, 9.17) is 9.47 Å². The molecule has 9 heteroatoms. The van der Waals surface area contributed by atoms with E-state index in [1.807, 2.05) is 0 Å². The van der Waals surface area contributed by atoms with Crippen molar-refractivity contribution in [3.63, 3.8) is 0 Å². The molecule has 128 valence electrons. The number of aromatic nitrogens is 2. The molecular weight excluding hydrogens is 329 g/mol. The van der Waals surface area contributed by atoms with Crippen LogP contribution in [0.4, 0.5) is 13.2 Å². The lowest BCUT2D eigenvalue weighted by atomic mass is 10.0. The molecule has 0 radical (unpaired) electrons. The SMILES string of the molecule is COc1cc(-c2cc(C(=O)O)c(OC)nc2C)cnc1C(F)(F)F. The Morgan fingerprint density at radius 1 is 1.21 bits per heavy atom. The van der Waals surface area contributed by atoms with E-state index in [0.29, 0.717) is 11.3 Å². The monoisotopic (exact) mass is 342 g/mol. The Bertz CT molecular complexity index is 791. The number of rotatable bonds is 4. The lowest BCUT2D eigenvalue weighted by Gasteiger charge is -2.14. The van der Waals surface area contributed by atoms with Gasteiger partial charge in [-0.1, -0.05) is 0 Å². The molecule has 0 unspecified atom stereocenters. The minimum absolute atomic E-state index is 0.0874. The van der Waals surface area contributed by atoms with Crippen LogP contribution in [-0.2, 0) is 6.18 Å². The minimum atomic E-state index is -4.66. The third-order valence-corrected chi connectivity index (χ3v) is 3.25. The molecule has 0 aliphatic carbocycles. The maximum absolute atomic E-state index is 12.9. The van der Waals surface area contributed by atoms with Gasteiger partial charge in [0.2, 0.25) is 5.88 Å². The summed E-state index contributed by atoms with van der Waals surface area (Å²) in [5, 5.41) is 9.20. The molecule has 0 fully saturated rings. The Morgan fingerprint density at radius 3 is 2.38 bits per heavy atom. The van der Waals surface area contributed by atoms with Crippen LogP contribution in [0.25, 0.3) is 11.1 Å². The number of hydrogen-bond acceptors (Lipinski definition) is 5. The first kappa shape index (κ1) is 17.5. The topological polar surface area (TPSA) is 81.5 Å². The highest BCUT2D eigenvalue weighted by molar-refractivity contribution is 5.92. The molecule has 0 atom stereocenters. The van der Waals surface area contributed by atoms with Gasteiger partial charge in [0.15, 0.2) is 5.69 Å². The quantitative estimate of drug-likeness (QED) is 0.919. The molecule has 0 saturated heterocycles. The van der Waals surface area contributed by atoms with Crippen LogP contribution in [0.1, 0.15) is 21.7 Å². The van der Waals surface area contributed by atoms with E-state index in [2.05, 4.69) is 9.97 Å². The van der Waals surface area contributed by atoms with E-state index in [9.17, 15) is 23.1 Å². The van der Waals surface area contributed by atoms with Crippen molar-refractivity contribution in [1.82, 2.24) is 9.97 Å². The van der Waals surface area contributed by atoms with Gasteiger partial charge in [-0.3, -0.25) is 0 Å². The van der Waals surface area contributed by atoms with Gasteiger partial charge in [-0.25, -0.2) is 14.8 Å². The first-order chi connectivity index (χ1) is 11.2. The number of hydrogen-bond donors (Lipinski definition) is 1. The summed E-state index contributed by atoms with van der Waals surface area (Å²) in [5.74, 6) is -1.82. The van der Waals surface area contributed by atoms with Crippen molar-refractivity contribution >= 4 is 5.97 Å². The van der Waals surface area contributed by atoms with E-state index in [1.165, 1.54) is 13.2 Å². The number of ether oxygens (including phenoxy) is 2.